The number of hydrogen-bond donors (Lipinski definition) is 1. The fourth-order valence-electron chi connectivity index (χ4n) is 1.74. The molecule has 0 spiro atoms. The maximum absolute atomic E-state index is 11.9. The van der Waals surface area contributed by atoms with Crippen molar-refractivity contribution in [3.8, 4) is 0 Å². The quantitative estimate of drug-likeness (QED) is 0.888. The van der Waals surface area contributed by atoms with Crippen LogP contribution in [0.3, 0.4) is 0 Å². The van der Waals surface area contributed by atoms with Gasteiger partial charge in [-0.2, -0.15) is 0 Å². The molecule has 1 aromatic carbocycles. The lowest BCUT2D eigenvalue weighted by Gasteiger charge is -2.21. The smallest absolute Gasteiger partial charge is 0.317 e. The van der Waals surface area contributed by atoms with Gasteiger partial charge in [0.1, 0.15) is 0 Å². The first-order valence-electron chi connectivity index (χ1n) is 6.53. The third-order valence-corrected chi connectivity index (χ3v) is 3.35. The van der Waals surface area contributed by atoms with Crippen LogP contribution in [0.5, 0.6) is 0 Å². The number of nitrogens with one attached hydrogen (secondary N) is 1. The highest BCUT2D eigenvalue weighted by atomic mass is 16.5. The van der Waals surface area contributed by atoms with E-state index in [4.69, 9.17) is 4.74 Å². The summed E-state index contributed by atoms with van der Waals surface area (Å²) < 4.78 is 4.96. The fourth-order valence-corrected chi connectivity index (χ4v) is 1.74. The predicted molar refractivity (Wildman–Crippen MR) is 77.4 cm³/mol. The van der Waals surface area contributed by atoms with E-state index in [0.717, 1.165) is 5.56 Å². The molecular formula is C15H24N2O2. The normalized spacial score (nSPS) is 12.1. The molecule has 0 aliphatic carbocycles. The second kappa shape index (κ2) is 7.14. The summed E-state index contributed by atoms with van der Waals surface area (Å²) in [4.78, 5) is 13.6. The van der Waals surface area contributed by atoms with Crippen molar-refractivity contribution in [3.05, 3.63) is 34.9 Å². The summed E-state index contributed by atoms with van der Waals surface area (Å²) in [5, 5.41) is 2.98. The average Bonchev–Trinajstić information content (AvgIpc) is 2.38. The van der Waals surface area contributed by atoms with Crippen LogP contribution in [-0.4, -0.2) is 38.2 Å². The van der Waals surface area contributed by atoms with E-state index in [1.807, 2.05) is 6.92 Å². The third kappa shape index (κ3) is 4.56. The Balaban J connectivity index is 2.60. The van der Waals surface area contributed by atoms with Crippen molar-refractivity contribution < 1.29 is 9.53 Å². The molecule has 4 heteroatoms. The maximum atomic E-state index is 11.9. The summed E-state index contributed by atoms with van der Waals surface area (Å²) >= 11 is 0. The van der Waals surface area contributed by atoms with Gasteiger partial charge in [0, 0.05) is 20.7 Å². The number of aryl methyl sites for hydroxylation is 2. The average molecular weight is 264 g/mol. The first kappa shape index (κ1) is 15.5. The Kier molecular flexibility index (Phi) is 5.83. The number of amides is 2. The highest BCUT2D eigenvalue weighted by Crippen LogP contribution is 2.16. The number of nitrogens with zero attached hydrogens (tertiary/aromatic N) is 1. The van der Waals surface area contributed by atoms with Crippen molar-refractivity contribution in [2.45, 2.75) is 26.8 Å². The van der Waals surface area contributed by atoms with Crippen molar-refractivity contribution in [3.63, 3.8) is 0 Å². The lowest BCUT2D eigenvalue weighted by Crippen LogP contribution is -2.40. The van der Waals surface area contributed by atoms with Crippen LogP contribution in [0.25, 0.3) is 0 Å². The number of benzene rings is 1. The minimum absolute atomic E-state index is 0.00297. The standard InChI is InChI=1S/C15H24N2O2/c1-11-6-7-14(10-12(11)2)13(3)16-15(18)17(4)8-9-19-5/h6-7,10,13H,8-9H2,1-5H3,(H,16,18)/t13-/m1/s1. The molecule has 0 bridgehead atoms. The zero-order chi connectivity index (χ0) is 14.4. The van der Waals surface area contributed by atoms with Gasteiger partial charge < -0.3 is 15.0 Å². The molecule has 1 atom stereocenters. The zero-order valence-corrected chi connectivity index (χ0v) is 12.5. The summed E-state index contributed by atoms with van der Waals surface area (Å²) in [6.45, 7) is 7.29. The molecule has 0 aromatic heterocycles. The van der Waals surface area contributed by atoms with E-state index in [1.54, 1.807) is 19.1 Å². The molecule has 4 nitrogen and oxygen atoms in total. The first-order valence-corrected chi connectivity index (χ1v) is 6.53. The van der Waals surface area contributed by atoms with Gasteiger partial charge in [-0.1, -0.05) is 18.2 Å². The second-order valence-corrected chi connectivity index (χ2v) is 4.93. The van der Waals surface area contributed by atoms with E-state index in [2.05, 4.69) is 37.4 Å². The Bertz CT molecular complexity index is 432. The maximum Gasteiger partial charge on any atom is 0.317 e. The molecule has 0 radical (unpaired) electrons. The van der Waals surface area contributed by atoms with Crippen molar-refractivity contribution in [2.75, 3.05) is 27.3 Å². The van der Waals surface area contributed by atoms with Crippen LogP contribution < -0.4 is 5.32 Å². The van der Waals surface area contributed by atoms with Gasteiger partial charge in [0.05, 0.1) is 12.6 Å². The van der Waals surface area contributed by atoms with Gasteiger partial charge in [0.25, 0.3) is 0 Å². The molecule has 1 N–H and O–H groups in total. The van der Waals surface area contributed by atoms with Crippen LogP contribution in [0.15, 0.2) is 18.2 Å². The van der Waals surface area contributed by atoms with Gasteiger partial charge in [0.2, 0.25) is 0 Å². The Morgan fingerprint density at radius 2 is 2.05 bits per heavy atom. The molecule has 0 unspecified atom stereocenters. The van der Waals surface area contributed by atoms with Crippen molar-refractivity contribution in [1.82, 2.24) is 10.2 Å². The summed E-state index contributed by atoms with van der Waals surface area (Å²) in [5.74, 6) is 0. The third-order valence-electron chi connectivity index (χ3n) is 3.35. The minimum atomic E-state index is -0.0808. The van der Waals surface area contributed by atoms with Crippen LogP contribution >= 0.6 is 0 Å². The van der Waals surface area contributed by atoms with E-state index in [0.29, 0.717) is 13.2 Å². The predicted octanol–water partition coefficient (Wildman–Crippen LogP) is 2.65. The molecule has 0 aliphatic heterocycles. The van der Waals surface area contributed by atoms with Gasteiger partial charge in [-0.05, 0) is 37.5 Å². The lowest BCUT2D eigenvalue weighted by molar-refractivity contribution is 0.158. The van der Waals surface area contributed by atoms with Gasteiger partial charge in [-0.15, -0.1) is 0 Å². The molecule has 0 heterocycles. The zero-order valence-electron chi connectivity index (χ0n) is 12.5. The molecule has 1 rings (SSSR count). The number of rotatable bonds is 5. The molecule has 2 amide bonds. The van der Waals surface area contributed by atoms with E-state index in [1.165, 1.54) is 11.1 Å². The largest absolute Gasteiger partial charge is 0.383 e. The summed E-state index contributed by atoms with van der Waals surface area (Å²) in [6, 6.07) is 6.18. The van der Waals surface area contributed by atoms with E-state index < -0.39 is 0 Å². The minimum Gasteiger partial charge on any atom is -0.383 e. The lowest BCUT2D eigenvalue weighted by atomic mass is 10.0. The highest BCUT2D eigenvalue weighted by Gasteiger charge is 2.13. The Morgan fingerprint density at radius 1 is 1.37 bits per heavy atom. The van der Waals surface area contributed by atoms with E-state index >= 15 is 0 Å². The number of urea groups is 1. The van der Waals surface area contributed by atoms with E-state index in [9.17, 15) is 4.79 Å². The van der Waals surface area contributed by atoms with Gasteiger partial charge >= 0.3 is 6.03 Å². The SMILES string of the molecule is COCCN(C)C(=O)N[C@H](C)c1ccc(C)c(C)c1. The van der Waals surface area contributed by atoms with Gasteiger partial charge in [-0.3, -0.25) is 0 Å². The van der Waals surface area contributed by atoms with Crippen LogP contribution in [-0.2, 0) is 4.74 Å². The van der Waals surface area contributed by atoms with Crippen LogP contribution in [0.4, 0.5) is 4.79 Å². The molecule has 0 aliphatic rings. The Hall–Kier alpha value is -1.55. The van der Waals surface area contributed by atoms with Gasteiger partial charge in [0.15, 0.2) is 0 Å². The second-order valence-electron chi connectivity index (χ2n) is 4.93. The van der Waals surface area contributed by atoms with Crippen molar-refractivity contribution in [2.24, 2.45) is 0 Å². The first-order chi connectivity index (χ1) is 8.95. The Morgan fingerprint density at radius 3 is 2.63 bits per heavy atom. The summed E-state index contributed by atoms with van der Waals surface area (Å²) in [5.41, 5.74) is 3.63. The molecule has 0 saturated carbocycles. The molecule has 19 heavy (non-hydrogen) atoms. The van der Waals surface area contributed by atoms with Crippen LogP contribution in [0, 0.1) is 13.8 Å². The highest BCUT2D eigenvalue weighted by molar-refractivity contribution is 5.74. The number of ether oxygens (including phenoxy) is 1. The number of methoxy groups -OCH3 is 1. The molecule has 0 saturated heterocycles. The fraction of sp³-hybridized carbons (Fsp3) is 0.533. The van der Waals surface area contributed by atoms with Crippen LogP contribution in [0.2, 0.25) is 0 Å². The van der Waals surface area contributed by atoms with Gasteiger partial charge in [-0.25, -0.2) is 4.79 Å². The van der Waals surface area contributed by atoms with E-state index in [-0.39, 0.29) is 12.1 Å². The van der Waals surface area contributed by atoms with Crippen LogP contribution in [0.1, 0.15) is 29.7 Å². The number of hydrogen-bond acceptors (Lipinski definition) is 2. The molecule has 106 valence electrons. The topological polar surface area (TPSA) is 41.6 Å². The number of carbonyl (C=O) groups is 1. The van der Waals surface area contributed by atoms with Crippen molar-refractivity contribution >= 4 is 6.03 Å². The molecule has 1 aromatic rings. The summed E-state index contributed by atoms with van der Waals surface area (Å²) in [7, 11) is 3.39. The molecular weight excluding hydrogens is 240 g/mol. The Labute approximate surface area is 115 Å². The number of likely N-dealkylation sites (N-methyl/N-ethyl adjacent to an activating group) is 1. The number of carbonyl (C=O) groups excluding carboxylic acids is 1. The monoisotopic (exact) mass is 264 g/mol. The molecule has 0 fully saturated rings. The van der Waals surface area contributed by atoms with Crippen molar-refractivity contribution in [1.29, 1.82) is 0 Å². The summed E-state index contributed by atoms with van der Waals surface area (Å²) in [6.07, 6.45) is 0.